The summed E-state index contributed by atoms with van der Waals surface area (Å²) in [4.78, 5) is 15.5. The van der Waals surface area contributed by atoms with Crippen molar-refractivity contribution >= 4 is 5.91 Å². The van der Waals surface area contributed by atoms with Crippen LogP contribution in [0.5, 0.6) is 0 Å². The van der Waals surface area contributed by atoms with Gasteiger partial charge in [-0.25, -0.2) is 0 Å². The summed E-state index contributed by atoms with van der Waals surface area (Å²) in [7, 11) is 0. The molecule has 1 amide bonds. The Hall–Kier alpha value is -1.39. The molecule has 22 heavy (non-hydrogen) atoms. The van der Waals surface area contributed by atoms with Crippen LogP contribution in [0.25, 0.3) is 0 Å². The highest BCUT2D eigenvalue weighted by Crippen LogP contribution is 2.54. The number of aromatic nitrogens is 3. The molecule has 1 aromatic rings. The third-order valence-electron chi connectivity index (χ3n) is 6.43. The van der Waals surface area contributed by atoms with E-state index in [0.717, 1.165) is 44.0 Å². The van der Waals surface area contributed by atoms with Gasteiger partial charge in [0.25, 0.3) is 0 Å². The molecule has 2 unspecified atom stereocenters. The fraction of sp³-hybridized carbons (Fsp3) is 0.824. The van der Waals surface area contributed by atoms with Crippen molar-refractivity contribution in [3.05, 3.63) is 11.6 Å². The minimum absolute atomic E-state index is 0.131. The minimum atomic E-state index is -0.485. The van der Waals surface area contributed by atoms with Crippen molar-refractivity contribution in [2.45, 2.75) is 77.3 Å². The molecule has 1 spiro atoms. The number of hydrogen-bond acceptors (Lipinski definition) is 3. The van der Waals surface area contributed by atoms with E-state index in [1.54, 1.807) is 0 Å². The summed E-state index contributed by atoms with van der Waals surface area (Å²) >= 11 is 0. The molecule has 2 fully saturated rings. The first-order valence-electron chi connectivity index (χ1n) is 8.50. The fourth-order valence-corrected chi connectivity index (χ4v) is 4.94. The highest BCUT2D eigenvalue weighted by molar-refractivity contribution is 5.88. The number of carbonyl (C=O) groups is 1. The normalized spacial score (nSPS) is 35.7. The van der Waals surface area contributed by atoms with Gasteiger partial charge in [0, 0.05) is 18.6 Å². The van der Waals surface area contributed by atoms with E-state index in [1.165, 1.54) is 12.8 Å². The molecule has 3 heterocycles. The summed E-state index contributed by atoms with van der Waals surface area (Å²) in [6, 6.07) is 0. The number of likely N-dealkylation sites (tertiary alicyclic amines) is 1. The van der Waals surface area contributed by atoms with Crippen molar-refractivity contribution in [3.8, 4) is 0 Å². The number of aryl methyl sites for hydroxylation is 1. The third kappa shape index (κ3) is 1.68. The molecule has 0 aromatic carbocycles. The summed E-state index contributed by atoms with van der Waals surface area (Å²) in [6.07, 6.45) is 5.56. The van der Waals surface area contributed by atoms with E-state index in [0.29, 0.717) is 5.41 Å². The maximum atomic E-state index is 13.3. The van der Waals surface area contributed by atoms with Crippen LogP contribution in [0.15, 0.2) is 0 Å². The molecule has 3 aliphatic rings. The van der Waals surface area contributed by atoms with Crippen molar-refractivity contribution in [2.24, 2.45) is 5.41 Å². The van der Waals surface area contributed by atoms with Crippen molar-refractivity contribution < 1.29 is 4.79 Å². The molecule has 1 saturated carbocycles. The van der Waals surface area contributed by atoms with E-state index in [4.69, 9.17) is 0 Å². The molecule has 1 aliphatic carbocycles. The predicted molar refractivity (Wildman–Crippen MR) is 83.4 cm³/mol. The largest absolute Gasteiger partial charge is 0.336 e. The average Bonchev–Trinajstić information content (AvgIpc) is 3.06. The first-order chi connectivity index (χ1) is 10.3. The molecule has 2 aliphatic heterocycles. The predicted octanol–water partition coefficient (Wildman–Crippen LogP) is 2.43. The van der Waals surface area contributed by atoms with Gasteiger partial charge in [-0.2, -0.15) is 0 Å². The smallest absolute Gasteiger partial charge is 0.236 e. The van der Waals surface area contributed by atoms with Gasteiger partial charge in [-0.05, 0) is 51.4 Å². The van der Waals surface area contributed by atoms with Crippen LogP contribution in [0.1, 0.15) is 64.5 Å². The molecule has 1 aromatic heterocycles. The molecule has 0 bridgehead atoms. The van der Waals surface area contributed by atoms with Crippen LogP contribution in [0, 0.1) is 12.3 Å². The maximum Gasteiger partial charge on any atom is 0.236 e. The van der Waals surface area contributed by atoms with Gasteiger partial charge in [0.1, 0.15) is 17.1 Å². The Balaban J connectivity index is 1.63. The number of rotatable bonds is 1. The van der Waals surface area contributed by atoms with E-state index >= 15 is 0 Å². The summed E-state index contributed by atoms with van der Waals surface area (Å²) in [5, 5.41) is 8.49. The second kappa shape index (κ2) is 4.12. The minimum Gasteiger partial charge on any atom is -0.336 e. The van der Waals surface area contributed by atoms with Gasteiger partial charge in [0.2, 0.25) is 5.91 Å². The Morgan fingerprint density at radius 1 is 1.05 bits per heavy atom. The number of fused-ring (bicyclic) bond motifs is 1. The average molecular weight is 302 g/mol. The van der Waals surface area contributed by atoms with Crippen LogP contribution in [-0.4, -0.2) is 37.7 Å². The lowest BCUT2D eigenvalue weighted by molar-refractivity contribution is -0.154. The monoisotopic (exact) mass is 302 g/mol. The van der Waals surface area contributed by atoms with Crippen LogP contribution in [0.3, 0.4) is 0 Å². The number of amides is 1. The first-order valence-corrected chi connectivity index (χ1v) is 8.50. The van der Waals surface area contributed by atoms with Gasteiger partial charge < -0.3 is 9.47 Å². The highest BCUT2D eigenvalue weighted by Gasteiger charge is 2.58. The van der Waals surface area contributed by atoms with Gasteiger partial charge >= 0.3 is 0 Å². The van der Waals surface area contributed by atoms with Gasteiger partial charge in [-0.15, -0.1) is 10.2 Å². The second-order valence-electron chi connectivity index (χ2n) is 8.58. The zero-order valence-electron chi connectivity index (χ0n) is 14.1. The summed E-state index contributed by atoms with van der Waals surface area (Å²) in [5.74, 6) is 2.07. The van der Waals surface area contributed by atoms with Crippen molar-refractivity contribution in [2.75, 3.05) is 6.54 Å². The zero-order chi connectivity index (χ0) is 15.8. The van der Waals surface area contributed by atoms with Crippen LogP contribution in [0.2, 0.25) is 0 Å². The SMILES string of the molecule is Cc1nnc2n1CCC2(C)C(=O)N1CCC12CCC(C)(C)C2. The van der Waals surface area contributed by atoms with E-state index in [9.17, 15) is 4.79 Å². The number of hydrogen-bond donors (Lipinski definition) is 0. The summed E-state index contributed by atoms with van der Waals surface area (Å²) in [6.45, 7) is 10.5. The Morgan fingerprint density at radius 3 is 2.41 bits per heavy atom. The third-order valence-corrected chi connectivity index (χ3v) is 6.43. The molecular weight excluding hydrogens is 276 g/mol. The topological polar surface area (TPSA) is 51.0 Å². The van der Waals surface area contributed by atoms with Gasteiger partial charge in [-0.1, -0.05) is 13.8 Å². The Kier molecular flexibility index (Phi) is 2.66. The Bertz CT molecular complexity index is 649. The van der Waals surface area contributed by atoms with Crippen LogP contribution < -0.4 is 0 Å². The van der Waals surface area contributed by atoms with E-state index in [2.05, 4.69) is 40.4 Å². The molecule has 5 nitrogen and oxygen atoms in total. The summed E-state index contributed by atoms with van der Waals surface area (Å²) in [5.41, 5.74) is 0.0135. The molecule has 4 rings (SSSR count). The molecule has 0 N–H and O–H groups in total. The standard InChI is InChI=1S/C17H26N4O/c1-12-18-19-13-16(4,7-9-20(12)13)14(22)21-10-8-17(21)6-5-15(2,3)11-17/h5-11H2,1-4H3. The second-order valence-corrected chi connectivity index (χ2v) is 8.58. The molecule has 120 valence electrons. The van der Waals surface area contributed by atoms with Gasteiger partial charge in [0.15, 0.2) is 0 Å². The molecular formula is C17H26N4O. The van der Waals surface area contributed by atoms with Crippen LogP contribution in [0.4, 0.5) is 0 Å². The van der Waals surface area contributed by atoms with E-state index < -0.39 is 5.41 Å². The number of nitrogens with zero attached hydrogens (tertiary/aromatic N) is 4. The molecule has 0 radical (unpaired) electrons. The van der Waals surface area contributed by atoms with Crippen molar-refractivity contribution in [1.29, 1.82) is 0 Å². The van der Waals surface area contributed by atoms with Crippen LogP contribution in [-0.2, 0) is 16.8 Å². The van der Waals surface area contributed by atoms with Crippen LogP contribution >= 0.6 is 0 Å². The highest BCUT2D eigenvalue weighted by atomic mass is 16.2. The maximum absolute atomic E-state index is 13.3. The quantitative estimate of drug-likeness (QED) is 0.800. The van der Waals surface area contributed by atoms with Gasteiger partial charge in [0.05, 0.1) is 0 Å². The van der Waals surface area contributed by atoms with Gasteiger partial charge in [-0.3, -0.25) is 4.79 Å². The first kappa shape index (κ1) is 14.2. The van der Waals surface area contributed by atoms with Crippen molar-refractivity contribution in [1.82, 2.24) is 19.7 Å². The fourth-order valence-electron chi connectivity index (χ4n) is 4.94. The van der Waals surface area contributed by atoms with E-state index in [-0.39, 0.29) is 11.4 Å². The molecule has 1 saturated heterocycles. The number of carbonyl (C=O) groups excluding carboxylic acids is 1. The lowest BCUT2D eigenvalue weighted by Crippen LogP contribution is -2.64. The Labute approximate surface area is 132 Å². The lowest BCUT2D eigenvalue weighted by Gasteiger charge is -2.53. The lowest BCUT2D eigenvalue weighted by atomic mass is 9.76. The van der Waals surface area contributed by atoms with Crippen molar-refractivity contribution in [3.63, 3.8) is 0 Å². The Morgan fingerprint density at radius 2 is 1.82 bits per heavy atom. The molecule has 2 atom stereocenters. The molecule has 5 heteroatoms. The zero-order valence-corrected chi connectivity index (χ0v) is 14.1. The summed E-state index contributed by atoms with van der Waals surface area (Å²) < 4.78 is 2.11. The van der Waals surface area contributed by atoms with E-state index in [1.807, 2.05) is 6.92 Å².